The summed E-state index contributed by atoms with van der Waals surface area (Å²) in [6.45, 7) is 0. The summed E-state index contributed by atoms with van der Waals surface area (Å²) in [5.41, 5.74) is 9.12. The molecule has 0 spiro atoms. The summed E-state index contributed by atoms with van der Waals surface area (Å²) < 4.78 is 24.7. The Hall–Kier alpha value is -1.43. The van der Waals surface area contributed by atoms with E-state index >= 15 is 0 Å². The number of carbonyl (C=O) groups is 1. The highest BCUT2D eigenvalue weighted by atomic mass is 35.5. The van der Waals surface area contributed by atoms with Crippen LogP contribution in [0.5, 0.6) is 0 Å². The van der Waals surface area contributed by atoms with E-state index in [0.717, 1.165) is 6.20 Å². The minimum Gasteiger partial charge on any atom is -0.395 e. The van der Waals surface area contributed by atoms with Crippen molar-refractivity contribution in [3.63, 3.8) is 0 Å². The van der Waals surface area contributed by atoms with E-state index in [1.54, 1.807) is 0 Å². The van der Waals surface area contributed by atoms with Gasteiger partial charge in [0.1, 0.15) is 5.82 Å². The van der Waals surface area contributed by atoms with Crippen molar-refractivity contribution >= 4 is 28.3 Å². The van der Waals surface area contributed by atoms with Gasteiger partial charge in [0.2, 0.25) is 0 Å². The molecule has 0 aliphatic carbocycles. The van der Waals surface area contributed by atoms with Crippen molar-refractivity contribution in [2.24, 2.45) is 0 Å². The fourth-order valence-electron chi connectivity index (χ4n) is 0.942. The molecule has 0 radical (unpaired) electrons. The molecule has 0 saturated heterocycles. The Balaban J connectivity index is 3.45. The summed E-state index contributed by atoms with van der Waals surface area (Å²) in [6, 6.07) is 0. The van der Waals surface area contributed by atoms with Gasteiger partial charge in [0.05, 0.1) is 16.8 Å². The van der Waals surface area contributed by atoms with E-state index in [0.29, 0.717) is 0 Å². The third-order valence-corrected chi connectivity index (χ3v) is 1.80. The second kappa shape index (κ2) is 3.75. The van der Waals surface area contributed by atoms with Gasteiger partial charge in [0, 0.05) is 6.20 Å². The number of pyridine rings is 1. The average molecular weight is 222 g/mol. The third-order valence-electron chi connectivity index (χ3n) is 1.61. The molecule has 0 saturated carbocycles. The summed E-state index contributed by atoms with van der Waals surface area (Å²) in [6.07, 6.45) is -2.09. The second-order valence-corrected chi connectivity index (χ2v) is 2.81. The number of alkyl halides is 2. The molecule has 1 aromatic heterocycles. The number of hydrogen-bond donors (Lipinski definition) is 2. The number of rotatable bonds is 2. The van der Waals surface area contributed by atoms with Gasteiger partial charge in [-0.05, 0) is 11.6 Å². The number of halogens is 3. The molecule has 4 N–H and O–H groups in total. The lowest BCUT2D eigenvalue weighted by Gasteiger charge is -2.08. The number of anilines is 2. The maximum atomic E-state index is 12.4. The highest BCUT2D eigenvalue weighted by molar-refractivity contribution is 6.68. The van der Waals surface area contributed by atoms with Crippen molar-refractivity contribution < 1.29 is 13.6 Å². The van der Waals surface area contributed by atoms with Crippen molar-refractivity contribution in [1.29, 1.82) is 0 Å². The van der Waals surface area contributed by atoms with E-state index in [-0.39, 0.29) is 11.5 Å². The van der Waals surface area contributed by atoms with Gasteiger partial charge in [0.25, 0.3) is 11.7 Å². The van der Waals surface area contributed by atoms with Crippen LogP contribution in [0.25, 0.3) is 0 Å². The van der Waals surface area contributed by atoms with Crippen LogP contribution in [0.2, 0.25) is 0 Å². The van der Waals surface area contributed by atoms with Gasteiger partial charge in [0.15, 0.2) is 0 Å². The molecule has 0 bridgehead atoms. The number of aromatic nitrogens is 1. The lowest BCUT2D eigenvalue weighted by atomic mass is 10.1. The van der Waals surface area contributed by atoms with Crippen LogP contribution in [0, 0.1) is 0 Å². The molecule has 0 aliphatic rings. The topological polar surface area (TPSA) is 82.0 Å². The molecule has 0 atom stereocenters. The van der Waals surface area contributed by atoms with Crippen LogP contribution < -0.4 is 11.5 Å². The Bertz CT molecular complexity index is 383. The van der Waals surface area contributed by atoms with Gasteiger partial charge in [-0.15, -0.1) is 0 Å². The van der Waals surface area contributed by atoms with Gasteiger partial charge >= 0.3 is 0 Å². The summed E-state index contributed by atoms with van der Waals surface area (Å²) in [7, 11) is 0. The maximum Gasteiger partial charge on any atom is 0.266 e. The Kier molecular flexibility index (Phi) is 2.85. The Morgan fingerprint density at radius 1 is 1.50 bits per heavy atom. The molecule has 14 heavy (non-hydrogen) atoms. The van der Waals surface area contributed by atoms with Crippen molar-refractivity contribution in [3.05, 3.63) is 17.3 Å². The van der Waals surface area contributed by atoms with Crippen LogP contribution in [-0.4, -0.2) is 10.2 Å². The first-order valence-electron chi connectivity index (χ1n) is 3.47. The van der Waals surface area contributed by atoms with Crippen molar-refractivity contribution in [2.45, 2.75) is 6.43 Å². The van der Waals surface area contributed by atoms with Gasteiger partial charge in [-0.2, -0.15) is 0 Å². The zero-order valence-electron chi connectivity index (χ0n) is 6.80. The smallest absolute Gasteiger partial charge is 0.266 e. The Morgan fingerprint density at radius 2 is 2.07 bits per heavy atom. The molecule has 0 amide bonds. The van der Waals surface area contributed by atoms with Crippen molar-refractivity contribution in [3.8, 4) is 0 Å². The maximum absolute atomic E-state index is 12.4. The van der Waals surface area contributed by atoms with E-state index in [2.05, 4.69) is 4.98 Å². The van der Waals surface area contributed by atoms with Gasteiger partial charge in [-0.1, -0.05) is 0 Å². The molecule has 1 rings (SSSR count). The van der Waals surface area contributed by atoms with Crippen molar-refractivity contribution in [1.82, 2.24) is 4.98 Å². The molecule has 0 unspecified atom stereocenters. The molecule has 1 heterocycles. The Labute approximate surface area is 82.9 Å². The average Bonchev–Trinajstić information content (AvgIpc) is 2.08. The highest BCUT2D eigenvalue weighted by Gasteiger charge is 2.21. The van der Waals surface area contributed by atoms with Crippen LogP contribution in [0.1, 0.15) is 22.3 Å². The monoisotopic (exact) mass is 221 g/mol. The van der Waals surface area contributed by atoms with E-state index in [4.69, 9.17) is 23.1 Å². The highest BCUT2D eigenvalue weighted by Crippen LogP contribution is 2.30. The number of carbonyl (C=O) groups excluding carboxylic acids is 1. The quantitative estimate of drug-likeness (QED) is 0.743. The Morgan fingerprint density at radius 3 is 2.50 bits per heavy atom. The van der Waals surface area contributed by atoms with E-state index in [9.17, 15) is 13.6 Å². The number of nitrogens with zero attached hydrogens (tertiary/aromatic N) is 1. The third kappa shape index (κ3) is 1.74. The standard InChI is InChI=1S/C7H6ClF2N3O/c8-5(14)3-2(6(9)10)1-13-7(12)4(3)11/h1,6H,11H2,(H2,12,13). The lowest BCUT2D eigenvalue weighted by molar-refractivity contribution is 0.106. The van der Waals surface area contributed by atoms with Crippen LogP contribution in [0.15, 0.2) is 6.20 Å². The summed E-state index contributed by atoms with van der Waals surface area (Å²) >= 11 is 5.09. The molecule has 1 aromatic rings. The van der Waals surface area contributed by atoms with E-state index in [1.165, 1.54) is 0 Å². The predicted molar refractivity (Wildman–Crippen MR) is 48.2 cm³/mol. The SMILES string of the molecule is Nc1ncc(C(F)F)c(C(=O)Cl)c1N. The normalized spacial score (nSPS) is 10.6. The molecule has 0 fully saturated rings. The first-order chi connectivity index (χ1) is 6.45. The van der Waals surface area contributed by atoms with E-state index < -0.39 is 22.8 Å². The minimum absolute atomic E-state index is 0.196. The zero-order chi connectivity index (χ0) is 10.9. The van der Waals surface area contributed by atoms with Crippen molar-refractivity contribution in [2.75, 3.05) is 11.5 Å². The predicted octanol–water partition coefficient (Wildman–Crippen LogP) is 1.56. The zero-order valence-corrected chi connectivity index (χ0v) is 7.55. The molecular weight excluding hydrogens is 216 g/mol. The summed E-state index contributed by atoms with van der Waals surface area (Å²) in [4.78, 5) is 14.2. The molecular formula is C7H6ClF2N3O. The fourth-order valence-corrected chi connectivity index (χ4v) is 1.15. The molecule has 0 aliphatic heterocycles. The van der Waals surface area contributed by atoms with Gasteiger partial charge < -0.3 is 11.5 Å². The second-order valence-electron chi connectivity index (χ2n) is 2.46. The van der Waals surface area contributed by atoms with E-state index in [1.807, 2.05) is 0 Å². The largest absolute Gasteiger partial charge is 0.395 e. The molecule has 4 nitrogen and oxygen atoms in total. The van der Waals surface area contributed by atoms with Crippen LogP contribution in [0.3, 0.4) is 0 Å². The summed E-state index contributed by atoms with van der Waals surface area (Å²) in [5.74, 6) is -0.196. The van der Waals surface area contributed by atoms with Gasteiger partial charge in [-0.3, -0.25) is 4.79 Å². The van der Waals surface area contributed by atoms with Crippen LogP contribution >= 0.6 is 11.6 Å². The van der Waals surface area contributed by atoms with Crippen LogP contribution in [0.4, 0.5) is 20.3 Å². The summed E-state index contributed by atoms with van der Waals surface area (Å²) in [5, 5.41) is -1.08. The molecule has 0 aromatic carbocycles. The number of nitrogen functional groups attached to an aromatic ring is 2. The van der Waals surface area contributed by atoms with Crippen LogP contribution in [-0.2, 0) is 0 Å². The minimum atomic E-state index is -2.87. The van der Waals surface area contributed by atoms with Gasteiger partial charge in [-0.25, -0.2) is 13.8 Å². The molecule has 7 heteroatoms. The molecule has 76 valence electrons. The number of nitrogens with two attached hydrogens (primary N) is 2. The number of hydrogen-bond acceptors (Lipinski definition) is 4. The first kappa shape index (κ1) is 10.6. The first-order valence-corrected chi connectivity index (χ1v) is 3.84. The lowest BCUT2D eigenvalue weighted by Crippen LogP contribution is -2.08. The fraction of sp³-hybridized carbons (Fsp3) is 0.143.